The molecule has 2 aromatic heterocycles. The predicted octanol–water partition coefficient (Wildman–Crippen LogP) is 1.51. The Hall–Kier alpha value is -1.44. The Balaban J connectivity index is 0.000000520. The van der Waals surface area contributed by atoms with E-state index in [1.807, 2.05) is 58.2 Å². The molecule has 2 rings (SSSR count). The van der Waals surface area contributed by atoms with Crippen LogP contribution in [-0.4, -0.2) is 101 Å². The smallest absolute Gasteiger partial charge is 0.174 e. The molecule has 0 bridgehead atoms. The van der Waals surface area contributed by atoms with E-state index < -0.39 is 0 Å². The molecule has 0 aliphatic carbocycles. The molecule has 0 aliphatic heterocycles. The fourth-order valence-electron chi connectivity index (χ4n) is 3.15. The quantitative estimate of drug-likeness (QED) is 0.105. The monoisotopic (exact) mass is 608 g/mol. The van der Waals surface area contributed by atoms with Crippen molar-refractivity contribution in [3.05, 3.63) is 60.2 Å². The third kappa shape index (κ3) is 21.3. The van der Waals surface area contributed by atoms with E-state index >= 15 is 0 Å². The first kappa shape index (κ1) is 36.6. The maximum Gasteiger partial charge on any atom is 0.174 e. The van der Waals surface area contributed by atoms with E-state index in [4.69, 9.17) is 61.8 Å². The van der Waals surface area contributed by atoms with Crippen LogP contribution < -0.4 is 9.13 Å². The average molecular weight is 610 g/mol. The van der Waals surface area contributed by atoms with Crippen molar-refractivity contribution in [2.75, 3.05) is 91.0 Å². The zero-order valence-corrected chi connectivity index (χ0v) is 24.9. The van der Waals surface area contributed by atoms with Crippen LogP contribution in [0.5, 0.6) is 0 Å². The first-order chi connectivity index (χ1) is 19.7. The van der Waals surface area contributed by atoms with Gasteiger partial charge in [0.1, 0.15) is 13.2 Å². The minimum absolute atomic E-state index is 0.0470. The largest absolute Gasteiger partial charge is 0.391 e. The van der Waals surface area contributed by atoms with Gasteiger partial charge in [0.05, 0.1) is 79.3 Å². The van der Waals surface area contributed by atoms with Gasteiger partial charge in [-0.05, 0) is 12.1 Å². The highest BCUT2D eigenvalue weighted by molar-refractivity contribution is 6.18. The van der Waals surface area contributed by atoms with Gasteiger partial charge >= 0.3 is 0 Å². The van der Waals surface area contributed by atoms with Gasteiger partial charge in [-0.15, -0.1) is 23.2 Å². The molecule has 0 unspecified atom stereocenters. The zero-order chi connectivity index (χ0) is 28.9. The summed E-state index contributed by atoms with van der Waals surface area (Å²) in [5.74, 6) is 1.05. The number of hydrogen-bond acceptors (Lipinski definition) is 8. The molecular weight excluding hydrogens is 563 g/mol. The van der Waals surface area contributed by atoms with Crippen LogP contribution in [0.15, 0.2) is 49.1 Å². The zero-order valence-electron chi connectivity index (χ0n) is 23.3. The lowest BCUT2D eigenvalue weighted by molar-refractivity contribution is -0.699. The van der Waals surface area contributed by atoms with Crippen LogP contribution in [0.4, 0.5) is 0 Å². The number of halogens is 2. The number of aliphatic hydroxyl groups is 2. The molecule has 10 nitrogen and oxygen atoms in total. The molecule has 2 aromatic rings. The summed E-state index contributed by atoms with van der Waals surface area (Å²) in [6.45, 7) is 8.44. The summed E-state index contributed by atoms with van der Waals surface area (Å²) in [7, 11) is 0. The van der Waals surface area contributed by atoms with Crippen LogP contribution in [0, 0.1) is 0 Å². The molecule has 0 saturated heterocycles. The van der Waals surface area contributed by atoms with Gasteiger partial charge in [0.15, 0.2) is 37.9 Å². The van der Waals surface area contributed by atoms with Crippen molar-refractivity contribution in [2.24, 2.45) is 0 Å². The number of rotatable bonds is 24. The summed E-state index contributed by atoms with van der Waals surface area (Å²) in [5, 5.41) is 18.2. The number of ether oxygens (including phenoxy) is 6. The van der Waals surface area contributed by atoms with E-state index in [1.54, 1.807) is 0 Å². The van der Waals surface area contributed by atoms with Crippen LogP contribution in [0.25, 0.3) is 0 Å². The fraction of sp³-hybridized carbons (Fsp3) is 0.643. The van der Waals surface area contributed by atoms with Crippen LogP contribution >= 0.6 is 23.2 Å². The summed E-state index contributed by atoms with van der Waals surface area (Å²) in [6, 6.07) is 7.60. The lowest BCUT2D eigenvalue weighted by atomic mass is 10.3. The predicted molar refractivity (Wildman–Crippen MR) is 151 cm³/mol. The maximum atomic E-state index is 9.11. The lowest BCUT2D eigenvalue weighted by Crippen LogP contribution is -2.36. The normalized spacial score (nSPS) is 10.9. The van der Waals surface area contributed by atoms with Crippen molar-refractivity contribution < 1.29 is 47.8 Å². The Kier molecular flexibility index (Phi) is 25.4. The van der Waals surface area contributed by atoms with Gasteiger partial charge in [0, 0.05) is 35.0 Å². The molecule has 0 atom stereocenters. The van der Waals surface area contributed by atoms with Crippen molar-refractivity contribution in [3.8, 4) is 0 Å². The van der Waals surface area contributed by atoms with Gasteiger partial charge < -0.3 is 38.6 Å². The summed E-state index contributed by atoms with van der Waals surface area (Å²) in [4.78, 5) is 0. The van der Waals surface area contributed by atoms with Crippen LogP contribution in [-0.2, 0) is 54.7 Å². The molecular formula is C28H46Cl2N2O8+2. The SMILES string of the molecule is ClCCOCCOCCOCCCl.OCc1ccc[n+](CCOCCOCCOCC[n+]2cccc(CO)c2)c1. The summed E-state index contributed by atoms with van der Waals surface area (Å²) >= 11 is 10.8. The molecule has 0 amide bonds. The van der Waals surface area contributed by atoms with E-state index in [1.165, 1.54) is 0 Å². The summed E-state index contributed by atoms with van der Waals surface area (Å²) < 4.78 is 35.9. The lowest BCUT2D eigenvalue weighted by Gasteiger charge is -2.06. The third-order valence-corrected chi connectivity index (χ3v) is 5.43. The van der Waals surface area contributed by atoms with Crippen LogP contribution in [0.2, 0.25) is 0 Å². The van der Waals surface area contributed by atoms with Gasteiger partial charge in [-0.1, -0.05) is 0 Å². The number of aliphatic hydroxyl groups excluding tert-OH is 2. The molecule has 0 saturated carbocycles. The van der Waals surface area contributed by atoms with Gasteiger partial charge in [-0.2, -0.15) is 0 Å². The second kappa shape index (κ2) is 27.7. The van der Waals surface area contributed by atoms with E-state index in [0.717, 1.165) is 24.2 Å². The molecule has 40 heavy (non-hydrogen) atoms. The van der Waals surface area contributed by atoms with E-state index in [0.29, 0.717) is 91.0 Å². The van der Waals surface area contributed by atoms with Gasteiger partial charge in [-0.3, -0.25) is 0 Å². The highest BCUT2D eigenvalue weighted by Gasteiger charge is 2.03. The number of hydrogen-bond donors (Lipinski definition) is 2. The Morgan fingerprint density at radius 3 is 1.15 bits per heavy atom. The average Bonchev–Trinajstić information content (AvgIpc) is 2.99. The van der Waals surface area contributed by atoms with Crippen LogP contribution in [0.3, 0.4) is 0 Å². The fourth-order valence-corrected chi connectivity index (χ4v) is 3.37. The van der Waals surface area contributed by atoms with E-state index in [9.17, 15) is 0 Å². The molecule has 0 aromatic carbocycles. The number of nitrogens with zero attached hydrogens (tertiary/aromatic N) is 2. The van der Waals surface area contributed by atoms with Crippen molar-refractivity contribution in [1.82, 2.24) is 0 Å². The Morgan fingerprint density at radius 2 is 0.825 bits per heavy atom. The topological polar surface area (TPSA) is 104 Å². The maximum absolute atomic E-state index is 9.11. The minimum Gasteiger partial charge on any atom is -0.391 e. The summed E-state index contributed by atoms with van der Waals surface area (Å²) in [6.07, 6.45) is 7.73. The Labute approximate surface area is 248 Å². The van der Waals surface area contributed by atoms with Crippen molar-refractivity contribution in [2.45, 2.75) is 26.3 Å². The molecule has 2 heterocycles. The highest BCUT2D eigenvalue weighted by Crippen LogP contribution is 1.94. The van der Waals surface area contributed by atoms with Gasteiger partial charge in [0.2, 0.25) is 0 Å². The molecule has 12 heteroatoms. The Bertz CT molecular complexity index is 773. The second-order valence-corrected chi connectivity index (χ2v) is 9.02. The minimum atomic E-state index is 0.0470. The van der Waals surface area contributed by atoms with Crippen LogP contribution in [0.1, 0.15) is 11.1 Å². The van der Waals surface area contributed by atoms with Gasteiger partial charge in [-0.25, -0.2) is 9.13 Å². The van der Waals surface area contributed by atoms with E-state index in [-0.39, 0.29) is 13.2 Å². The van der Waals surface area contributed by atoms with Crippen molar-refractivity contribution in [3.63, 3.8) is 0 Å². The second-order valence-electron chi connectivity index (χ2n) is 8.27. The number of pyridine rings is 2. The van der Waals surface area contributed by atoms with Crippen molar-refractivity contribution in [1.29, 1.82) is 0 Å². The molecule has 0 radical (unpaired) electrons. The standard InChI is InChI=1S/C20H30N2O5.C8H16Cl2O3/c23-17-19-3-1-5-21(15-19)7-9-25-11-13-27-14-12-26-10-8-22-6-2-4-20(16-22)18-24;9-1-3-11-5-7-13-8-6-12-4-2-10/h1-6,15-16,23-24H,7-14,17-18H2;1-8H2/q+2;. The molecule has 0 fully saturated rings. The molecule has 228 valence electrons. The molecule has 0 aliphatic rings. The number of aromatic nitrogens is 2. The highest BCUT2D eigenvalue weighted by atomic mass is 35.5. The Morgan fingerprint density at radius 1 is 0.500 bits per heavy atom. The molecule has 2 N–H and O–H groups in total. The number of alkyl halides is 2. The third-order valence-electron chi connectivity index (χ3n) is 5.12. The summed E-state index contributed by atoms with van der Waals surface area (Å²) in [5.41, 5.74) is 1.78. The molecule has 0 spiro atoms. The van der Waals surface area contributed by atoms with E-state index in [2.05, 4.69) is 0 Å². The first-order valence-electron chi connectivity index (χ1n) is 13.5. The van der Waals surface area contributed by atoms with Crippen molar-refractivity contribution >= 4 is 23.2 Å². The van der Waals surface area contributed by atoms with Gasteiger partial charge in [0.25, 0.3) is 0 Å². The first-order valence-corrected chi connectivity index (χ1v) is 14.6.